The van der Waals surface area contributed by atoms with E-state index in [1.54, 1.807) is 24.3 Å². The van der Waals surface area contributed by atoms with Crippen molar-refractivity contribution in [3.8, 4) is 0 Å². The summed E-state index contributed by atoms with van der Waals surface area (Å²) in [6, 6.07) is 8.47. The molecule has 1 fully saturated rings. The van der Waals surface area contributed by atoms with Crippen molar-refractivity contribution in [3.05, 3.63) is 63.1 Å². The zero-order valence-corrected chi connectivity index (χ0v) is 18.3. The summed E-state index contributed by atoms with van der Waals surface area (Å²) < 4.78 is 32.6. The van der Waals surface area contributed by atoms with E-state index < -0.39 is 27.8 Å². The predicted molar refractivity (Wildman–Crippen MR) is 112 cm³/mol. The minimum atomic E-state index is -3.93. The fourth-order valence-corrected chi connectivity index (χ4v) is 5.28. The number of benzene rings is 2. The van der Waals surface area contributed by atoms with Crippen LogP contribution in [-0.2, 0) is 14.8 Å². The first-order chi connectivity index (χ1) is 14.7. The molecule has 0 atom stereocenters. The van der Waals surface area contributed by atoms with Gasteiger partial charge in [0.25, 0.3) is 11.8 Å². The van der Waals surface area contributed by atoms with Gasteiger partial charge in [-0.15, -0.1) is 0 Å². The van der Waals surface area contributed by atoms with Gasteiger partial charge in [-0.1, -0.05) is 35.3 Å². The highest BCUT2D eigenvalue weighted by Crippen LogP contribution is 2.31. The first kappa shape index (κ1) is 21.8. The van der Waals surface area contributed by atoms with Gasteiger partial charge < -0.3 is 4.74 Å². The Balaban J connectivity index is 1.45. The van der Waals surface area contributed by atoms with Gasteiger partial charge in [-0.25, -0.2) is 17.9 Å². The number of imide groups is 1. The number of hydrogen-bond acceptors (Lipinski definition) is 6. The molecule has 0 radical (unpaired) electrons. The van der Waals surface area contributed by atoms with Crippen molar-refractivity contribution in [1.29, 1.82) is 0 Å². The van der Waals surface area contributed by atoms with E-state index >= 15 is 0 Å². The molecule has 2 amide bonds. The van der Waals surface area contributed by atoms with Crippen molar-refractivity contribution in [3.63, 3.8) is 0 Å². The molecule has 8 nitrogen and oxygen atoms in total. The third kappa shape index (κ3) is 4.31. The maximum Gasteiger partial charge on any atom is 0.339 e. The number of fused-ring (bicyclic) bond motifs is 1. The summed E-state index contributed by atoms with van der Waals surface area (Å²) in [5, 5.41) is -0.207. The number of halogens is 2. The summed E-state index contributed by atoms with van der Waals surface area (Å²) in [5.41, 5.74) is 0.389. The molecule has 1 N–H and O–H groups in total. The summed E-state index contributed by atoms with van der Waals surface area (Å²) in [4.78, 5) is 37.9. The molecule has 0 saturated heterocycles. The quantitative estimate of drug-likeness (QED) is 0.479. The molecule has 31 heavy (non-hydrogen) atoms. The Morgan fingerprint density at radius 3 is 2.26 bits per heavy atom. The van der Waals surface area contributed by atoms with E-state index in [2.05, 4.69) is 4.72 Å². The van der Waals surface area contributed by atoms with E-state index in [-0.39, 0.29) is 50.8 Å². The van der Waals surface area contributed by atoms with Crippen LogP contribution in [0.3, 0.4) is 0 Å². The SMILES string of the molecule is O=C(OCCN1C(=O)c2ccccc2C1=O)c1cc(S(=O)(=O)NC2CC2)c(Cl)cc1Cl. The zero-order chi connectivity index (χ0) is 22.3. The molecule has 0 spiro atoms. The molecule has 162 valence electrons. The van der Waals surface area contributed by atoms with Gasteiger partial charge in [0.15, 0.2) is 0 Å². The molecule has 2 aliphatic rings. The van der Waals surface area contributed by atoms with E-state index in [1.165, 1.54) is 0 Å². The largest absolute Gasteiger partial charge is 0.460 e. The molecular weight excluding hydrogens is 467 g/mol. The van der Waals surface area contributed by atoms with Crippen LogP contribution in [-0.4, -0.2) is 50.3 Å². The zero-order valence-electron chi connectivity index (χ0n) is 15.9. The Morgan fingerprint density at radius 2 is 1.68 bits per heavy atom. The fraction of sp³-hybridized carbons (Fsp3) is 0.250. The Morgan fingerprint density at radius 1 is 1.06 bits per heavy atom. The number of hydrogen-bond donors (Lipinski definition) is 1. The lowest BCUT2D eigenvalue weighted by Crippen LogP contribution is -2.33. The molecule has 11 heteroatoms. The summed E-state index contributed by atoms with van der Waals surface area (Å²) in [6.45, 7) is -0.441. The van der Waals surface area contributed by atoms with E-state index in [4.69, 9.17) is 27.9 Å². The number of rotatable bonds is 7. The monoisotopic (exact) mass is 482 g/mol. The van der Waals surface area contributed by atoms with Crippen molar-refractivity contribution in [2.24, 2.45) is 0 Å². The lowest BCUT2D eigenvalue weighted by atomic mass is 10.1. The number of nitrogens with zero attached hydrogens (tertiary/aromatic N) is 1. The summed E-state index contributed by atoms with van der Waals surface area (Å²) in [7, 11) is -3.93. The number of nitrogens with one attached hydrogen (secondary N) is 1. The van der Waals surface area contributed by atoms with Gasteiger partial charge >= 0.3 is 5.97 Å². The van der Waals surface area contributed by atoms with Crippen molar-refractivity contribution in [1.82, 2.24) is 9.62 Å². The standard InChI is InChI=1S/C20H16Cl2N2O6S/c21-15-10-16(22)17(31(28,29)23-11-5-6-11)9-14(15)20(27)30-8-7-24-18(25)12-3-1-2-4-13(12)19(24)26/h1-4,9-11,23H,5-8H2. The van der Waals surface area contributed by atoms with Crippen LogP contribution < -0.4 is 4.72 Å². The van der Waals surface area contributed by atoms with Crippen LogP contribution in [0.1, 0.15) is 43.9 Å². The van der Waals surface area contributed by atoms with Gasteiger partial charge in [-0.05, 0) is 37.1 Å². The normalized spacial score (nSPS) is 15.9. The highest BCUT2D eigenvalue weighted by Gasteiger charge is 2.35. The third-order valence-corrected chi connectivity index (χ3v) is 7.15. The highest BCUT2D eigenvalue weighted by atomic mass is 35.5. The molecule has 1 saturated carbocycles. The maximum atomic E-state index is 12.5. The topological polar surface area (TPSA) is 110 Å². The number of sulfonamides is 1. The minimum Gasteiger partial charge on any atom is -0.460 e. The van der Waals surface area contributed by atoms with Gasteiger partial charge in [0, 0.05) is 6.04 Å². The third-order valence-electron chi connectivity index (χ3n) is 4.86. The number of esters is 1. The fourth-order valence-electron chi connectivity index (χ4n) is 3.13. The Kier molecular flexibility index (Phi) is 5.78. The number of ether oxygens (including phenoxy) is 1. The predicted octanol–water partition coefficient (Wildman–Crippen LogP) is 2.89. The van der Waals surface area contributed by atoms with Crippen LogP contribution in [0.4, 0.5) is 0 Å². The van der Waals surface area contributed by atoms with Gasteiger partial charge in [-0.2, -0.15) is 0 Å². The molecular formula is C20H16Cl2N2O6S. The molecule has 0 bridgehead atoms. The molecule has 2 aromatic carbocycles. The number of amides is 2. The average molecular weight is 483 g/mol. The highest BCUT2D eigenvalue weighted by molar-refractivity contribution is 7.89. The van der Waals surface area contributed by atoms with Crippen LogP contribution >= 0.6 is 23.2 Å². The molecule has 1 aliphatic heterocycles. The van der Waals surface area contributed by atoms with Crippen molar-refractivity contribution in [2.75, 3.05) is 13.2 Å². The second-order valence-electron chi connectivity index (χ2n) is 7.10. The van der Waals surface area contributed by atoms with Crippen molar-refractivity contribution >= 4 is 51.0 Å². The first-order valence-electron chi connectivity index (χ1n) is 9.33. The smallest absolute Gasteiger partial charge is 0.339 e. The van der Waals surface area contributed by atoms with E-state index in [9.17, 15) is 22.8 Å². The molecule has 1 heterocycles. The molecule has 4 rings (SSSR count). The number of carbonyl (C=O) groups is 3. The van der Waals surface area contributed by atoms with Crippen LogP contribution in [0.15, 0.2) is 41.3 Å². The van der Waals surface area contributed by atoms with Crippen molar-refractivity contribution in [2.45, 2.75) is 23.8 Å². The van der Waals surface area contributed by atoms with Gasteiger partial charge in [-0.3, -0.25) is 14.5 Å². The molecule has 0 unspecified atom stereocenters. The van der Waals surface area contributed by atoms with Gasteiger partial charge in [0.2, 0.25) is 10.0 Å². The molecule has 1 aliphatic carbocycles. The van der Waals surface area contributed by atoms with Crippen LogP contribution in [0.25, 0.3) is 0 Å². The second kappa shape index (κ2) is 8.23. The first-order valence-corrected chi connectivity index (χ1v) is 11.6. The average Bonchev–Trinajstić information content (AvgIpc) is 3.49. The van der Waals surface area contributed by atoms with Gasteiger partial charge in [0.1, 0.15) is 11.5 Å². The van der Waals surface area contributed by atoms with Crippen molar-refractivity contribution < 1.29 is 27.5 Å². The lowest BCUT2D eigenvalue weighted by Gasteiger charge is -2.15. The van der Waals surface area contributed by atoms with E-state index in [0.29, 0.717) is 0 Å². The summed E-state index contributed by atoms with van der Waals surface area (Å²) in [6.07, 6.45) is 1.47. The summed E-state index contributed by atoms with van der Waals surface area (Å²) >= 11 is 12.1. The molecule has 2 aromatic rings. The lowest BCUT2D eigenvalue weighted by molar-refractivity contribution is 0.0420. The van der Waals surface area contributed by atoms with Gasteiger partial charge in [0.05, 0.1) is 33.3 Å². The minimum absolute atomic E-state index is 0.0823. The van der Waals surface area contributed by atoms with Crippen LogP contribution in [0.5, 0.6) is 0 Å². The van der Waals surface area contributed by atoms with Crippen LogP contribution in [0, 0.1) is 0 Å². The Hall–Kier alpha value is -2.46. The Labute approximate surface area is 188 Å². The second-order valence-corrected chi connectivity index (χ2v) is 9.60. The van der Waals surface area contributed by atoms with E-state index in [0.717, 1.165) is 29.9 Å². The number of carbonyl (C=O) groups excluding carboxylic acids is 3. The maximum absolute atomic E-state index is 12.5. The van der Waals surface area contributed by atoms with E-state index in [1.807, 2.05) is 0 Å². The Bertz CT molecular complexity index is 1180. The summed E-state index contributed by atoms with van der Waals surface area (Å²) in [5.74, 6) is -1.84. The molecule has 0 aromatic heterocycles. The van der Waals surface area contributed by atoms with Crippen LogP contribution in [0.2, 0.25) is 10.0 Å².